The molecule has 0 amide bonds. The second kappa shape index (κ2) is 8.80. The normalized spacial score (nSPS) is 10.6. The molecule has 0 aromatic heterocycles. The van der Waals surface area contributed by atoms with Gasteiger partial charge in [-0.25, -0.2) is 0 Å². The van der Waals surface area contributed by atoms with E-state index in [0.717, 1.165) is 23.3 Å². The molecule has 4 heteroatoms. The van der Waals surface area contributed by atoms with E-state index < -0.39 is 0 Å². The summed E-state index contributed by atoms with van der Waals surface area (Å²) in [6.45, 7) is 5.74. The zero-order chi connectivity index (χ0) is 15.0. The topological polar surface area (TPSA) is 43.4 Å². The van der Waals surface area contributed by atoms with Crippen LogP contribution in [0.3, 0.4) is 0 Å². The van der Waals surface area contributed by atoms with Gasteiger partial charge in [0.1, 0.15) is 0 Å². The Morgan fingerprint density at radius 2 is 1.85 bits per heavy atom. The molecule has 0 aliphatic carbocycles. The van der Waals surface area contributed by atoms with E-state index in [4.69, 9.17) is 4.74 Å². The Balaban J connectivity index is 2.46. The van der Waals surface area contributed by atoms with Gasteiger partial charge in [-0.3, -0.25) is 9.59 Å². The van der Waals surface area contributed by atoms with Crippen LogP contribution in [-0.4, -0.2) is 23.6 Å². The van der Waals surface area contributed by atoms with Gasteiger partial charge < -0.3 is 4.74 Å². The Morgan fingerprint density at radius 1 is 1.20 bits per heavy atom. The maximum absolute atomic E-state index is 11.8. The summed E-state index contributed by atoms with van der Waals surface area (Å²) >= 11 is 1.42. The molecule has 20 heavy (non-hydrogen) atoms. The van der Waals surface area contributed by atoms with Crippen molar-refractivity contribution < 1.29 is 14.3 Å². The summed E-state index contributed by atoms with van der Waals surface area (Å²) in [5, 5.41) is 0. The van der Waals surface area contributed by atoms with Gasteiger partial charge >= 0.3 is 5.97 Å². The molecule has 3 nitrogen and oxygen atoms in total. The van der Waals surface area contributed by atoms with E-state index in [0.29, 0.717) is 12.2 Å². The lowest BCUT2D eigenvalue weighted by Crippen LogP contribution is -2.13. The van der Waals surface area contributed by atoms with E-state index in [-0.39, 0.29) is 17.9 Å². The van der Waals surface area contributed by atoms with Crippen molar-refractivity contribution in [3.8, 4) is 0 Å². The van der Waals surface area contributed by atoms with Crippen molar-refractivity contribution in [3.05, 3.63) is 29.8 Å². The Bertz CT molecular complexity index is 438. The molecule has 110 valence electrons. The van der Waals surface area contributed by atoms with Crippen LogP contribution in [-0.2, 0) is 9.53 Å². The van der Waals surface area contributed by atoms with E-state index in [9.17, 15) is 9.59 Å². The molecule has 0 N–H and O–H groups in total. The maximum atomic E-state index is 11.8. The highest BCUT2D eigenvalue weighted by molar-refractivity contribution is 8.00. The molecule has 0 bridgehead atoms. The van der Waals surface area contributed by atoms with Gasteiger partial charge in [0, 0.05) is 16.9 Å². The number of thioether (sulfide) groups is 1. The van der Waals surface area contributed by atoms with E-state index >= 15 is 0 Å². The third-order valence-corrected chi connectivity index (χ3v) is 3.64. The first-order valence-corrected chi connectivity index (χ1v) is 7.97. The number of unbranched alkanes of at least 4 members (excludes halogenated alkanes) is 1. The van der Waals surface area contributed by atoms with Crippen molar-refractivity contribution in [1.82, 2.24) is 0 Å². The van der Waals surface area contributed by atoms with E-state index in [1.165, 1.54) is 11.8 Å². The highest BCUT2D eigenvalue weighted by Gasteiger charge is 2.08. The number of Topliss-reactive ketones (excluding diaryl/α,β-unsaturated/α-hetero) is 1. The van der Waals surface area contributed by atoms with Gasteiger partial charge in [-0.05, 0) is 32.4 Å². The molecular weight excluding hydrogens is 272 g/mol. The van der Waals surface area contributed by atoms with Crippen molar-refractivity contribution in [2.24, 2.45) is 0 Å². The number of ether oxygens (including phenoxy) is 1. The predicted octanol–water partition coefficient (Wildman–Crippen LogP) is 4.10. The summed E-state index contributed by atoms with van der Waals surface area (Å²) in [6, 6.07) is 7.42. The molecular formula is C16H22O3S. The first-order valence-electron chi connectivity index (χ1n) is 6.98. The number of benzene rings is 1. The minimum atomic E-state index is -0.215. The molecule has 0 saturated carbocycles. The molecule has 0 heterocycles. The molecule has 0 unspecified atom stereocenters. The quantitative estimate of drug-likeness (QED) is 0.411. The Kier molecular flexibility index (Phi) is 7.37. The van der Waals surface area contributed by atoms with Crippen molar-refractivity contribution in [1.29, 1.82) is 0 Å². The molecule has 0 spiro atoms. The Morgan fingerprint density at radius 3 is 2.40 bits per heavy atom. The van der Waals surface area contributed by atoms with E-state index in [2.05, 4.69) is 6.92 Å². The van der Waals surface area contributed by atoms with Gasteiger partial charge in [0.2, 0.25) is 0 Å². The molecule has 0 aliphatic rings. The molecule has 0 atom stereocenters. The zero-order valence-corrected chi connectivity index (χ0v) is 13.2. The summed E-state index contributed by atoms with van der Waals surface area (Å²) in [5.41, 5.74) is 0.743. The molecule has 1 aromatic carbocycles. The fourth-order valence-electron chi connectivity index (χ4n) is 1.66. The highest BCUT2D eigenvalue weighted by Crippen LogP contribution is 2.19. The second-order valence-electron chi connectivity index (χ2n) is 4.88. The average Bonchev–Trinajstić information content (AvgIpc) is 2.42. The molecule has 0 radical (unpaired) electrons. The Labute approximate surface area is 125 Å². The molecule has 0 fully saturated rings. The van der Waals surface area contributed by atoms with Crippen LogP contribution in [0.1, 0.15) is 50.4 Å². The standard InChI is InChI=1S/C16H22O3S/c1-4-5-6-15(17)13-7-9-14(10-8-13)20-11-16(18)19-12(2)3/h7-10,12H,4-6,11H2,1-3H3. The third kappa shape index (κ3) is 6.24. The summed E-state index contributed by atoms with van der Waals surface area (Å²) < 4.78 is 5.06. The summed E-state index contributed by atoms with van der Waals surface area (Å²) in [5.74, 6) is 0.261. The van der Waals surface area contributed by atoms with E-state index in [1.54, 1.807) is 0 Å². The lowest BCUT2D eigenvalue weighted by Gasteiger charge is -2.07. The number of carbonyl (C=O) groups is 2. The summed E-state index contributed by atoms with van der Waals surface area (Å²) in [7, 11) is 0. The van der Waals surface area contributed by atoms with Crippen LogP contribution in [0.5, 0.6) is 0 Å². The van der Waals surface area contributed by atoms with Crippen molar-refractivity contribution in [2.45, 2.75) is 51.0 Å². The number of carbonyl (C=O) groups excluding carboxylic acids is 2. The van der Waals surface area contributed by atoms with Gasteiger partial charge in [0.05, 0.1) is 11.9 Å². The van der Waals surface area contributed by atoms with Gasteiger partial charge in [-0.1, -0.05) is 25.5 Å². The molecule has 0 saturated heterocycles. The van der Waals surface area contributed by atoms with Gasteiger partial charge in [0.15, 0.2) is 5.78 Å². The monoisotopic (exact) mass is 294 g/mol. The lowest BCUT2D eigenvalue weighted by molar-refractivity contribution is -0.144. The fourth-order valence-corrected chi connectivity index (χ4v) is 2.34. The number of hydrogen-bond donors (Lipinski definition) is 0. The highest BCUT2D eigenvalue weighted by atomic mass is 32.2. The zero-order valence-electron chi connectivity index (χ0n) is 12.3. The largest absolute Gasteiger partial charge is 0.462 e. The third-order valence-electron chi connectivity index (χ3n) is 2.66. The van der Waals surface area contributed by atoms with Crippen LogP contribution in [0.2, 0.25) is 0 Å². The summed E-state index contributed by atoms with van der Waals surface area (Å²) in [6.07, 6.45) is 2.47. The minimum absolute atomic E-state index is 0.0818. The maximum Gasteiger partial charge on any atom is 0.316 e. The smallest absolute Gasteiger partial charge is 0.316 e. The van der Waals surface area contributed by atoms with Crippen LogP contribution in [0.4, 0.5) is 0 Å². The lowest BCUT2D eigenvalue weighted by atomic mass is 10.1. The van der Waals surface area contributed by atoms with Gasteiger partial charge in [-0.2, -0.15) is 0 Å². The van der Waals surface area contributed by atoms with Gasteiger partial charge in [0.25, 0.3) is 0 Å². The molecule has 1 aromatic rings. The van der Waals surface area contributed by atoms with Crippen molar-refractivity contribution in [2.75, 3.05) is 5.75 Å². The van der Waals surface area contributed by atoms with Crippen LogP contribution in [0.25, 0.3) is 0 Å². The van der Waals surface area contributed by atoms with Crippen LogP contribution in [0.15, 0.2) is 29.2 Å². The van der Waals surface area contributed by atoms with Crippen LogP contribution < -0.4 is 0 Å². The summed E-state index contributed by atoms with van der Waals surface area (Å²) in [4.78, 5) is 24.2. The number of hydrogen-bond acceptors (Lipinski definition) is 4. The number of ketones is 1. The fraction of sp³-hybridized carbons (Fsp3) is 0.500. The number of rotatable bonds is 8. The van der Waals surface area contributed by atoms with Crippen LogP contribution in [0, 0.1) is 0 Å². The van der Waals surface area contributed by atoms with Crippen molar-refractivity contribution >= 4 is 23.5 Å². The first kappa shape index (κ1) is 16.8. The van der Waals surface area contributed by atoms with Crippen molar-refractivity contribution in [3.63, 3.8) is 0 Å². The SMILES string of the molecule is CCCCC(=O)c1ccc(SCC(=O)OC(C)C)cc1. The van der Waals surface area contributed by atoms with Crippen LogP contribution >= 0.6 is 11.8 Å². The molecule has 1 rings (SSSR count). The van der Waals surface area contributed by atoms with E-state index in [1.807, 2.05) is 38.1 Å². The molecule has 0 aliphatic heterocycles. The Hall–Kier alpha value is -1.29. The predicted molar refractivity (Wildman–Crippen MR) is 82.2 cm³/mol. The van der Waals surface area contributed by atoms with Gasteiger partial charge in [-0.15, -0.1) is 11.8 Å². The first-order chi connectivity index (χ1) is 9.52. The number of esters is 1. The second-order valence-corrected chi connectivity index (χ2v) is 5.93. The average molecular weight is 294 g/mol. The minimum Gasteiger partial charge on any atom is -0.462 e.